The van der Waals surface area contributed by atoms with Crippen molar-refractivity contribution in [3.05, 3.63) is 0 Å². The van der Waals surface area contributed by atoms with Gasteiger partial charge in [-0.1, -0.05) is 13.8 Å². The van der Waals surface area contributed by atoms with Gasteiger partial charge in [0.05, 0.1) is 13.2 Å². The quantitative estimate of drug-likeness (QED) is 0.303. The molecule has 0 N–H and O–H groups in total. The van der Waals surface area contributed by atoms with Crippen LogP contribution in [0.4, 0.5) is 0 Å². The first-order valence-electron chi connectivity index (χ1n) is 8.89. The van der Waals surface area contributed by atoms with Crippen molar-refractivity contribution in [3.63, 3.8) is 0 Å². The zero-order valence-electron chi connectivity index (χ0n) is 16.0. The van der Waals surface area contributed by atoms with Crippen LogP contribution in [0.2, 0.25) is 0 Å². The van der Waals surface area contributed by atoms with Crippen LogP contribution in [0.25, 0.3) is 0 Å². The first-order valence-corrected chi connectivity index (χ1v) is 8.89. The molecular weight excluding hydrogens is 324 g/mol. The van der Waals surface area contributed by atoms with E-state index in [0.717, 1.165) is 30.7 Å². The lowest BCUT2D eigenvalue weighted by Crippen LogP contribution is -2.34. The van der Waals surface area contributed by atoms with Crippen LogP contribution in [0, 0.1) is 11.3 Å². The van der Waals surface area contributed by atoms with Gasteiger partial charge in [0.2, 0.25) is 5.91 Å². The molecule has 0 unspecified atom stereocenters. The summed E-state index contributed by atoms with van der Waals surface area (Å²) < 4.78 is 9.63. The van der Waals surface area contributed by atoms with Gasteiger partial charge < -0.3 is 9.47 Å². The van der Waals surface area contributed by atoms with E-state index in [-0.39, 0.29) is 19.1 Å². The Balaban J connectivity index is 2.74. The number of hydrogen-bond acceptors (Lipinski definition) is 6. The monoisotopic (exact) mass is 354 g/mol. The highest BCUT2D eigenvalue weighted by atomic mass is 16.6. The smallest absolute Gasteiger partial charge is 0.366 e. The van der Waals surface area contributed by atoms with Gasteiger partial charge in [0, 0.05) is 13.5 Å². The number of amides is 1. The molecular formula is C18H30N2O5. The number of hydrazone groups is 1. The van der Waals surface area contributed by atoms with Crippen LogP contribution >= 0.6 is 0 Å². The van der Waals surface area contributed by atoms with E-state index in [0.29, 0.717) is 17.8 Å². The molecule has 7 heteroatoms. The maximum absolute atomic E-state index is 12.4. The Kier molecular flexibility index (Phi) is 8.06. The largest absolute Gasteiger partial charge is 0.461 e. The molecule has 0 saturated heterocycles. The Labute approximate surface area is 149 Å². The SMILES string of the molecule is CCOC(=O)C(=NN(C)C(=O)CC1CCC(C)(C)CC1)C(=O)OCC. The summed E-state index contributed by atoms with van der Waals surface area (Å²) >= 11 is 0. The van der Waals surface area contributed by atoms with Crippen LogP contribution in [0.1, 0.15) is 59.8 Å². The third kappa shape index (κ3) is 6.84. The van der Waals surface area contributed by atoms with Gasteiger partial charge in [-0.05, 0) is 50.9 Å². The summed E-state index contributed by atoms with van der Waals surface area (Å²) in [5, 5.41) is 4.90. The number of ether oxygens (including phenoxy) is 2. The van der Waals surface area contributed by atoms with E-state index >= 15 is 0 Å². The first kappa shape index (κ1) is 21.1. The molecule has 142 valence electrons. The van der Waals surface area contributed by atoms with Crippen LogP contribution in [0.15, 0.2) is 5.10 Å². The minimum absolute atomic E-state index is 0.104. The summed E-state index contributed by atoms with van der Waals surface area (Å²) in [6.07, 6.45) is 4.54. The van der Waals surface area contributed by atoms with Gasteiger partial charge in [-0.2, -0.15) is 5.10 Å². The maximum Gasteiger partial charge on any atom is 0.366 e. The van der Waals surface area contributed by atoms with Crippen LogP contribution in [-0.4, -0.2) is 48.8 Å². The molecule has 0 heterocycles. The Morgan fingerprint density at radius 2 is 1.52 bits per heavy atom. The molecule has 0 aliphatic heterocycles. The molecule has 1 aliphatic rings. The molecule has 0 aromatic carbocycles. The number of carbonyl (C=O) groups excluding carboxylic acids is 3. The van der Waals surface area contributed by atoms with Gasteiger partial charge in [-0.3, -0.25) is 4.79 Å². The van der Waals surface area contributed by atoms with Crippen molar-refractivity contribution >= 4 is 23.6 Å². The fourth-order valence-corrected chi connectivity index (χ4v) is 2.81. The number of hydrogen-bond donors (Lipinski definition) is 0. The normalized spacial score (nSPS) is 16.7. The van der Waals surface area contributed by atoms with Gasteiger partial charge in [-0.15, -0.1) is 0 Å². The van der Waals surface area contributed by atoms with Crippen molar-refractivity contribution in [3.8, 4) is 0 Å². The van der Waals surface area contributed by atoms with E-state index < -0.39 is 17.7 Å². The molecule has 1 amide bonds. The van der Waals surface area contributed by atoms with Gasteiger partial charge in [0.15, 0.2) is 0 Å². The van der Waals surface area contributed by atoms with Gasteiger partial charge >= 0.3 is 11.9 Å². The summed E-state index contributed by atoms with van der Waals surface area (Å²) in [6, 6.07) is 0. The molecule has 0 radical (unpaired) electrons. The number of rotatable bonds is 7. The zero-order chi connectivity index (χ0) is 19.0. The van der Waals surface area contributed by atoms with Gasteiger partial charge in [-0.25, -0.2) is 14.6 Å². The van der Waals surface area contributed by atoms with E-state index in [2.05, 4.69) is 18.9 Å². The molecule has 0 aromatic rings. The molecule has 1 saturated carbocycles. The third-order valence-corrected chi connectivity index (χ3v) is 4.47. The maximum atomic E-state index is 12.4. The van der Waals surface area contributed by atoms with E-state index in [1.807, 2.05) is 0 Å². The summed E-state index contributed by atoms with van der Waals surface area (Å²) in [7, 11) is 1.44. The lowest BCUT2D eigenvalue weighted by molar-refractivity contribution is -0.140. The Hall–Kier alpha value is -1.92. The van der Waals surface area contributed by atoms with Crippen molar-refractivity contribution < 1.29 is 23.9 Å². The Bertz CT molecular complexity index is 498. The molecule has 25 heavy (non-hydrogen) atoms. The fourth-order valence-electron chi connectivity index (χ4n) is 2.81. The summed E-state index contributed by atoms with van der Waals surface area (Å²) in [5.74, 6) is -1.69. The average Bonchev–Trinajstić information content (AvgIpc) is 2.54. The summed E-state index contributed by atoms with van der Waals surface area (Å²) in [5.41, 5.74) is -0.172. The predicted octanol–water partition coefficient (Wildman–Crippen LogP) is 2.53. The Morgan fingerprint density at radius 3 is 1.96 bits per heavy atom. The van der Waals surface area contributed by atoms with Crippen molar-refractivity contribution in [2.45, 2.75) is 59.8 Å². The minimum atomic E-state index is -0.889. The standard InChI is InChI=1S/C18H30N2O5/c1-6-24-16(22)15(17(23)25-7-2)19-20(5)14(21)12-13-8-10-18(3,4)11-9-13/h13H,6-12H2,1-5H3. The second kappa shape index (κ2) is 9.53. The van der Waals surface area contributed by atoms with Gasteiger partial charge in [0.25, 0.3) is 5.71 Å². The summed E-state index contributed by atoms with van der Waals surface area (Å²) in [4.78, 5) is 36.2. The van der Waals surface area contributed by atoms with Crippen LogP contribution in [-0.2, 0) is 23.9 Å². The molecule has 7 nitrogen and oxygen atoms in total. The second-order valence-electron chi connectivity index (χ2n) is 7.12. The molecule has 1 aliphatic carbocycles. The lowest BCUT2D eigenvalue weighted by Gasteiger charge is -2.34. The minimum Gasteiger partial charge on any atom is -0.461 e. The molecule has 0 spiro atoms. The van der Waals surface area contributed by atoms with Crippen molar-refractivity contribution in [2.24, 2.45) is 16.4 Å². The van der Waals surface area contributed by atoms with Crippen molar-refractivity contribution in [1.82, 2.24) is 5.01 Å². The highest BCUT2D eigenvalue weighted by molar-refractivity contribution is 6.62. The van der Waals surface area contributed by atoms with Crippen molar-refractivity contribution in [2.75, 3.05) is 20.3 Å². The Morgan fingerprint density at radius 1 is 1.04 bits per heavy atom. The average molecular weight is 354 g/mol. The third-order valence-electron chi connectivity index (χ3n) is 4.47. The van der Waals surface area contributed by atoms with E-state index in [9.17, 15) is 14.4 Å². The van der Waals surface area contributed by atoms with Crippen LogP contribution in [0.3, 0.4) is 0 Å². The van der Waals surface area contributed by atoms with Crippen LogP contribution in [0.5, 0.6) is 0 Å². The van der Waals surface area contributed by atoms with Gasteiger partial charge in [0.1, 0.15) is 0 Å². The number of nitrogens with zero attached hydrogens (tertiary/aromatic N) is 2. The molecule has 0 aromatic heterocycles. The van der Waals surface area contributed by atoms with Crippen LogP contribution < -0.4 is 0 Å². The van der Waals surface area contributed by atoms with E-state index in [1.54, 1.807) is 13.8 Å². The number of esters is 2. The lowest BCUT2D eigenvalue weighted by atomic mass is 9.72. The summed E-state index contributed by atoms with van der Waals surface area (Å²) in [6.45, 7) is 7.94. The molecule has 0 bridgehead atoms. The number of carbonyl (C=O) groups is 3. The highest BCUT2D eigenvalue weighted by Crippen LogP contribution is 2.39. The second-order valence-corrected chi connectivity index (χ2v) is 7.12. The topological polar surface area (TPSA) is 85.3 Å². The van der Waals surface area contributed by atoms with Crippen molar-refractivity contribution in [1.29, 1.82) is 0 Å². The van der Waals surface area contributed by atoms with E-state index in [4.69, 9.17) is 9.47 Å². The predicted molar refractivity (Wildman–Crippen MR) is 93.8 cm³/mol. The molecule has 1 rings (SSSR count). The molecule has 0 atom stereocenters. The molecule has 1 fully saturated rings. The van der Waals surface area contributed by atoms with E-state index in [1.165, 1.54) is 7.05 Å². The zero-order valence-corrected chi connectivity index (χ0v) is 16.0. The highest BCUT2D eigenvalue weighted by Gasteiger charge is 2.30. The first-order chi connectivity index (χ1) is 11.7. The fraction of sp³-hybridized carbons (Fsp3) is 0.778.